The van der Waals surface area contributed by atoms with Crippen molar-refractivity contribution in [1.29, 1.82) is 5.26 Å². The van der Waals surface area contributed by atoms with Gasteiger partial charge in [-0.2, -0.15) is 36.7 Å². The second-order valence-corrected chi connectivity index (χ2v) is 6.54. The number of nitriles is 1. The lowest BCUT2D eigenvalue weighted by atomic mass is 10.0. The highest BCUT2D eigenvalue weighted by Gasteiger charge is 2.42. The summed E-state index contributed by atoms with van der Waals surface area (Å²) in [5, 5.41) is 12.2. The van der Waals surface area contributed by atoms with Gasteiger partial charge in [-0.3, -0.25) is 4.79 Å². The number of Topliss-reactive ketones (excluding diaryl/α,β-unsaturated/α-hetero) is 1. The second-order valence-electron chi connectivity index (χ2n) is 6.54. The van der Waals surface area contributed by atoms with E-state index in [-0.39, 0.29) is 22.0 Å². The van der Waals surface area contributed by atoms with Gasteiger partial charge in [0.2, 0.25) is 5.78 Å². The summed E-state index contributed by atoms with van der Waals surface area (Å²) in [6.07, 6.45) is -9.25. The van der Waals surface area contributed by atoms with E-state index in [4.69, 9.17) is 0 Å². The SMILES string of the molecule is N#CC(=Cc1ccc(-n2nc(C(F)(F)F)cc2C(F)(F)F)cc1)C(=O)c1ccc(F)cc1F. The van der Waals surface area contributed by atoms with Crippen LogP contribution in [0.2, 0.25) is 0 Å². The predicted molar refractivity (Wildman–Crippen MR) is 97.8 cm³/mol. The van der Waals surface area contributed by atoms with Crippen LogP contribution >= 0.6 is 0 Å². The first kappa shape index (κ1) is 23.6. The number of halogens is 8. The second kappa shape index (κ2) is 8.50. The van der Waals surface area contributed by atoms with Crippen molar-refractivity contribution in [2.75, 3.05) is 0 Å². The molecule has 12 heteroatoms. The Hall–Kier alpha value is -4.01. The maximum Gasteiger partial charge on any atom is 0.435 e. The number of benzene rings is 2. The molecule has 0 amide bonds. The van der Waals surface area contributed by atoms with Crippen LogP contribution in [0, 0.1) is 23.0 Å². The number of allylic oxidation sites excluding steroid dienone is 1. The van der Waals surface area contributed by atoms with Gasteiger partial charge in [-0.1, -0.05) is 12.1 Å². The molecule has 0 spiro atoms. The van der Waals surface area contributed by atoms with E-state index in [1.165, 1.54) is 0 Å². The van der Waals surface area contributed by atoms with E-state index in [9.17, 15) is 45.2 Å². The van der Waals surface area contributed by atoms with Crippen LogP contribution in [-0.4, -0.2) is 15.6 Å². The summed E-state index contributed by atoms with van der Waals surface area (Å²) in [5.41, 5.74) is -4.81. The summed E-state index contributed by atoms with van der Waals surface area (Å²) in [6.45, 7) is 0. The van der Waals surface area contributed by atoms with Crippen LogP contribution in [-0.2, 0) is 12.4 Å². The zero-order valence-electron chi connectivity index (χ0n) is 16.0. The number of nitrogens with zero attached hydrogens (tertiary/aromatic N) is 3. The molecule has 3 aromatic rings. The fourth-order valence-electron chi connectivity index (χ4n) is 2.76. The third-order valence-electron chi connectivity index (χ3n) is 4.28. The lowest BCUT2D eigenvalue weighted by Gasteiger charge is -2.10. The van der Waals surface area contributed by atoms with Gasteiger partial charge in [-0.15, -0.1) is 0 Å². The van der Waals surface area contributed by atoms with E-state index < -0.39 is 52.3 Å². The van der Waals surface area contributed by atoms with Crippen LogP contribution in [0.5, 0.6) is 0 Å². The Balaban J connectivity index is 1.98. The Bertz CT molecular complexity index is 1280. The summed E-state index contributed by atoms with van der Waals surface area (Å²) in [4.78, 5) is 12.4. The zero-order chi connectivity index (χ0) is 24.6. The molecule has 0 aliphatic heterocycles. The number of hydrogen-bond acceptors (Lipinski definition) is 3. The molecular weight excluding hydrogens is 462 g/mol. The molecule has 0 aliphatic carbocycles. The van der Waals surface area contributed by atoms with Crippen molar-refractivity contribution >= 4 is 11.9 Å². The first-order valence-electron chi connectivity index (χ1n) is 8.77. The van der Waals surface area contributed by atoms with Crippen molar-refractivity contribution in [3.8, 4) is 11.8 Å². The summed E-state index contributed by atoms with van der Waals surface area (Å²) < 4.78 is 105. The van der Waals surface area contributed by atoms with Gasteiger partial charge >= 0.3 is 12.4 Å². The molecule has 0 atom stereocenters. The smallest absolute Gasteiger partial charge is 0.288 e. The average molecular weight is 471 g/mol. The van der Waals surface area contributed by atoms with Crippen LogP contribution < -0.4 is 0 Å². The predicted octanol–water partition coefficient (Wildman–Crippen LogP) is 5.98. The molecule has 0 aliphatic rings. The molecule has 2 aromatic carbocycles. The number of aromatic nitrogens is 2. The minimum absolute atomic E-state index is 0.0700. The van der Waals surface area contributed by atoms with Crippen LogP contribution in [0.1, 0.15) is 27.3 Å². The topological polar surface area (TPSA) is 58.7 Å². The maximum absolute atomic E-state index is 13.8. The molecule has 33 heavy (non-hydrogen) atoms. The molecular formula is C21H9F8N3O. The highest BCUT2D eigenvalue weighted by molar-refractivity contribution is 6.14. The van der Waals surface area contributed by atoms with E-state index in [0.29, 0.717) is 6.07 Å². The minimum Gasteiger partial charge on any atom is -0.288 e. The Morgan fingerprint density at radius 1 is 0.939 bits per heavy atom. The maximum atomic E-state index is 13.8. The molecule has 0 radical (unpaired) electrons. The molecule has 0 fully saturated rings. The third-order valence-corrected chi connectivity index (χ3v) is 4.28. The first-order chi connectivity index (χ1) is 15.3. The Kier molecular flexibility index (Phi) is 6.09. The Morgan fingerprint density at radius 2 is 1.58 bits per heavy atom. The molecule has 0 unspecified atom stereocenters. The molecule has 0 N–H and O–H groups in total. The Labute approximate surface area is 180 Å². The molecule has 0 saturated carbocycles. The van der Waals surface area contributed by atoms with Gasteiger partial charge in [-0.25, -0.2) is 13.5 Å². The van der Waals surface area contributed by atoms with Crippen LogP contribution in [0.3, 0.4) is 0 Å². The van der Waals surface area contributed by atoms with Gasteiger partial charge in [-0.05, 0) is 35.9 Å². The lowest BCUT2D eigenvalue weighted by molar-refractivity contribution is -0.143. The fraction of sp³-hybridized carbons (Fsp3) is 0.0952. The van der Waals surface area contributed by atoms with Gasteiger partial charge in [0.15, 0.2) is 5.69 Å². The summed E-state index contributed by atoms with van der Waals surface area (Å²) >= 11 is 0. The van der Waals surface area contributed by atoms with E-state index >= 15 is 0 Å². The molecule has 1 aromatic heterocycles. The summed E-state index contributed by atoms with van der Waals surface area (Å²) in [7, 11) is 0. The van der Waals surface area contributed by atoms with E-state index in [1.54, 1.807) is 6.07 Å². The Morgan fingerprint density at radius 3 is 2.09 bits per heavy atom. The van der Waals surface area contributed by atoms with E-state index in [1.807, 2.05) is 0 Å². The van der Waals surface area contributed by atoms with Gasteiger partial charge < -0.3 is 0 Å². The number of carbonyl (C=O) groups is 1. The number of hydrogen-bond donors (Lipinski definition) is 0. The van der Waals surface area contributed by atoms with Crippen molar-refractivity contribution in [3.63, 3.8) is 0 Å². The fourth-order valence-corrected chi connectivity index (χ4v) is 2.76. The quantitative estimate of drug-likeness (QED) is 0.204. The normalized spacial score (nSPS) is 12.5. The number of ketones is 1. The van der Waals surface area contributed by atoms with Crippen LogP contribution in [0.15, 0.2) is 54.1 Å². The van der Waals surface area contributed by atoms with E-state index in [2.05, 4.69) is 5.10 Å². The zero-order valence-corrected chi connectivity index (χ0v) is 16.0. The van der Waals surface area contributed by atoms with E-state index in [0.717, 1.165) is 42.5 Å². The van der Waals surface area contributed by atoms with Crippen molar-refractivity contribution in [3.05, 3.63) is 88.3 Å². The minimum atomic E-state index is -5.13. The lowest BCUT2D eigenvalue weighted by Crippen LogP contribution is -2.13. The number of alkyl halides is 6. The molecule has 0 bridgehead atoms. The van der Waals surface area contributed by atoms with Crippen LogP contribution in [0.4, 0.5) is 35.1 Å². The monoisotopic (exact) mass is 471 g/mol. The standard InChI is InChI=1S/C21H9F8N3O/c22-13-3-6-15(16(23)8-13)19(33)12(10-30)7-11-1-4-14(5-2-11)32-18(21(27,28)29)9-17(31-32)20(24,25)26/h1-9H. The van der Waals surface area contributed by atoms with Crippen LogP contribution in [0.25, 0.3) is 11.8 Å². The van der Waals surface area contributed by atoms with Crippen molar-refractivity contribution < 1.29 is 39.9 Å². The molecule has 1 heterocycles. The largest absolute Gasteiger partial charge is 0.435 e. The van der Waals surface area contributed by atoms with Gasteiger partial charge in [0, 0.05) is 12.1 Å². The van der Waals surface area contributed by atoms with Gasteiger partial charge in [0.05, 0.1) is 11.3 Å². The summed E-state index contributed by atoms with van der Waals surface area (Å²) in [6, 6.07) is 7.76. The third kappa shape index (κ3) is 5.08. The first-order valence-corrected chi connectivity index (χ1v) is 8.77. The molecule has 170 valence electrons. The van der Waals surface area contributed by atoms with Gasteiger partial charge in [0.1, 0.15) is 29.0 Å². The highest BCUT2D eigenvalue weighted by Crippen LogP contribution is 2.36. The molecule has 0 saturated heterocycles. The van der Waals surface area contributed by atoms with Gasteiger partial charge in [0.25, 0.3) is 0 Å². The molecule has 4 nitrogen and oxygen atoms in total. The molecule has 3 rings (SSSR count). The number of carbonyl (C=O) groups excluding carboxylic acids is 1. The van der Waals surface area contributed by atoms with Crippen molar-refractivity contribution in [2.24, 2.45) is 0 Å². The van der Waals surface area contributed by atoms with Crippen molar-refractivity contribution in [1.82, 2.24) is 9.78 Å². The number of rotatable bonds is 4. The summed E-state index contributed by atoms with van der Waals surface area (Å²) in [5.74, 6) is -3.21. The highest BCUT2D eigenvalue weighted by atomic mass is 19.4. The van der Waals surface area contributed by atoms with Crippen molar-refractivity contribution in [2.45, 2.75) is 12.4 Å². The average Bonchev–Trinajstić information content (AvgIpc) is 3.19.